The highest BCUT2D eigenvalue weighted by Gasteiger charge is 2.20. The summed E-state index contributed by atoms with van der Waals surface area (Å²) < 4.78 is 5.12. The summed E-state index contributed by atoms with van der Waals surface area (Å²) in [4.78, 5) is 5.79. The minimum Gasteiger partial charge on any atom is -0.481 e. The first-order chi connectivity index (χ1) is 9.12. The van der Waals surface area contributed by atoms with Crippen molar-refractivity contribution >= 4 is 11.3 Å². The third kappa shape index (κ3) is 3.78. The van der Waals surface area contributed by atoms with Gasteiger partial charge in [0.05, 0.1) is 12.8 Å². The van der Waals surface area contributed by atoms with Crippen molar-refractivity contribution < 1.29 is 4.74 Å². The Labute approximate surface area is 118 Å². The van der Waals surface area contributed by atoms with Gasteiger partial charge in [-0.15, -0.1) is 11.3 Å². The van der Waals surface area contributed by atoms with E-state index < -0.39 is 0 Å². The van der Waals surface area contributed by atoms with Gasteiger partial charge in [0.2, 0.25) is 5.88 Å². The Hall–Kier alpha value is -1.39. The summed E-state index contributed by atoms with van der Waals surface area (Å²) in [7, 11) is 1.64. The molecule has 1 N–H and O–H groups in total. The predicted octanol–water partition coefficient (Wildman–Crippen LogP) is 3.22. The van der Waals surface area contributed by atoms with E-state index in [0.717, 1.165) is 18.8 Å². The Balaban J connectivity index is 1.89. The number of hydrogen-bond acceptors (Lipinski definition) is 4. The largest absolute Gasteiger partial charge is 0.481 e. The van der Waals surface area contributed by atoms with Crippen molar-refractivity contribution in [2.45, 2.75) is 25.8 Å². The first-order valence-electron chi connectivity index (χ1n) is 6.36. The fourth-order valence-electron chi connectivity index (χ4n) is 1.92. The minimum atomic E-state index is 0.146. The Morgan fingerprint density at radius 2 is 2.11 bits per heavy atom. The number of methoxy groups -OCH3 is 1. The Kier molecular flexibility index (Phi) is 4.56. The molecule has 0 aliphatic heterocycles. The summed E-state index contributed by atoms with van der Waals surface area (Å²) in [5.74, 6) is 0.664. The van der Waals surface area contributed by atoms with Crippen LogP contribution in [0.25, 0.3) is 0 Å². The molecule has 2 aromatic rings. The van der Waals surface area contributed by atoms with Crippen LogP contribution in [0, 0.1) is 0 Å². The molecule has 0 amide bonds. The number of nitrogens with one attached hydrogen (secondary N) is 1. The van der Waals surface area contributed by atoms with E-state index >= 15 is 0 Å². The number of aromatic nitrogens is 1. The maximum Gasteiger partial charge on any atom is 0.213 e. The molecule has 2 aromatic heterocycles. The number of pyridine rings is 1. The SMILES string of the molecule is COc1cccc(CNCC(C)(C)c2cccs2)n1. The third-order valence-corrected chi connectivity index (χ3v) is 4.29. The average molecular weight is 276 g/mol. The van der Waals surface area contributed by atoms with Crippen LogP contribution >= 0.6 is 11.3 Å². The lowest BCUT2D eigenvalue weighted by Crippen LogP contribution is -2.32. The van der Waals surface area contributed by atoms with Crippen LogP contribution in [0.2, 0.25) is 0 Å². The van der Waals surface area contributed by atoms with Gasteiger partial charge in [0.1, 0.15) is 0 Å². The zero-order valence-electron chi connectivity index (χ0n) is 11.6. The van der Waals surface area contributed by atoms with Crippen LogP contribution in [0.15, 0.2) is 35.7 Å². The van der Waals surface area contributed by atoms with E-state index in [9.17, 15) is 0 Å². The lowest BCUT2D eigenvalue weighted by Gasteiger charge is -2.23. The van der Waals surface area contributed by atoms with Gasteiger partial charge in [0.25, 0.3) is 0 Å². The van der Waals surface area contributed by atoms with E-state index in [4.69, 9.17) is 4.74 Å². The van der Waals surface area contributed by atoms with Gasteiger partial charge >= 0.3 is 0 Å². The molecule has 3 nitrogen and oxygen atoms in total. The highest BCUT2D eigenvalue weighted by atomic mass is 32.1. The van der Waals surface area contributed by atoms with E-state index in [-0.39, 0.29) is 5.41 Å². The second-order valence-corrected chi connectivity index (χ2v) is 6.08. The predicted molar refractivity (Wildman–Crippen MR) is 79.8 cm³/mol. The molecule has 0 bridgehead atoms. The van der Waals surface area contributed by atoms with Gasteiger partial charge < -0.3 is 10.1 Å². The van der Waals surface area contributed by atoms with E-state index in [0.29, 0.717) is 5.88 Å². The monoisotopic (exact) mass is 276 g/mol. The molecule has 0 saturated carbocycles. The fourth-order valence-corrected chi connectivity index (χ4v) is 2.78. The molecule has 0 aliphatic carbocycles. The summed E-state index contributed by atoms with van der Waals surface area (Å²) in [6.45, 7) is 6.19. The van der Waals surface area contributed by atoms with E-state index in [1.807, 2.05) is 18.2 Å². The Morgan fingerprint density at radius 3 is 2.79 bits per heavy atom. The zero-order chi connectivity index (χ0) is 13.7. The lowest BCUT2D eigenvalue weighted by molar-refractivity contribution is 0.395. The van der Waals surface area contributed by atoms with Gasteiger partial charge in [-0.05, 0) is 17.5 Å². The fraction of sp³-hybridized carbons (Fsp3) is 0.400. The quantitative estimate of drug-likeness (QED) is 0.879. The Morgan fingerprint density at radius 1 is 1.26 bits per heavy atom. The highest BCUT2D eigenvalue weighted by molar-refractivity contribution is 7.10. The second kappa shape index (κ2) is 6.17. The van der Waals surface area contributed by atoms with Crippen molar-refractivity contribution in [2.75, 3.05) is 13.7 Å². The highest BCUT2D eigenvalue weighted by Crippen LogP contribution is 2.26. The third-order valence-electron chi connectivity index (χ3n) is 3.05. The molecule has 0 spiro atoms. The molecule has 0 aliphatic rings. The summed E-state index contributed by atoms with van der Waals surface area (Å²) in [6.07, 6.45) is 0. The van der Waals surface area contributed by atoms with E-state index in [2.05, 4.69) is 41.7 Å². The van der Waals surface area contributed by atoms with Crippen molar-refractivity contribution in [3.05, 3.63) is 46.3 Å². The number of nitrogens with zero attached hydrogens (tertiary/aromatic N) is 1. The standard InChI is InChI=1S/C15H20N2OS/c1-15(2,13-7-5-9-19-13)11-16-10-12-6-4-8-14(17-12)18-3/h4-9,16H,10-11H2,1-3H3. The van der Waals surface area contributed by atoms with Crippen LogP contribution in [0.3, 0.4) is 0 Å². The van der Waals surface area contributed by atoms with Gasteiger partial charge in [-0.3, -0.25) is 0 Å². The minimum absolute atomic E-state index is 0.146. The molecule has 19 heavy (non-hydrogen) atoms. The van der Waals surface area contributed by atoms with Crippen molar-refractivity contribution in [1.82, 2.24) is 10.3 Å². The van der Waals surface area contributed by atoms with Crippen LogP contribution in [-0.4, -0.2) is 18.6 Å². The van der Waals surface area contributed by atoms with Crippen LogP contribution in [0.1, 0.15) is 24.4 Å². The molecule has 0 radical (unpaired) electrons. The first-order valence-corrected chi connectivity index (χ1v) is 7.24. The van der Waals surface area contributed by atoms with Crippen molar-refractivity contribution in [3.63, 3.8) is 0 Å². The Bertz CT molecular complexity index is 509. The average Bonchev–Trinajstić information content (AvgIpc) is 2.93. The number of rotatable bonds is 6. The van der Waals surface area contributed by atoms with Gasteiger partial charge in [0, 0.05) is 29.4 Å². The van der Waals surface area contributed by atoms with Crippen LogP contribution in [0.5, 0.6) is 5.88 Å². The van der Waals surface area contributed by atoms with Crippen molar-refractivity contribution in [3.8, 4) is 5.88 Å². The van der Waals surface area contributed by atoms with Gasteiger partial charge in [-0.25, -0.2) is 4.98 Å². The molecule has 4 heteroatoms. The second-order valence-electron chi connectivity index (χ2n) is 5.14. The van der Waals surface area contributed by atoms with Crippen LogP contribution in [0.4, 0.5) is 0 Å². The van der Waals surface area contributed by atoms with Crippen LogP contribution < -0.4 is 10.1 Å². The molecule has 0 unspecified atom stereocenters. The molecule has 102 valence electrons. The molecule has 2 heterocycles. The van der Waals surface area contributed by atoms with Gasteiger partial charge in [0.15, 0.2) is 0 Å². The lowest BCUT2D eigenvalue weighted by atomic mass is 9.91. The van der Waals surface area contributed by atoms with Gasteiger partial charge in [-0.2, -0.15) is 0 Å². The smallest absolute Gasteiger partial charge is 0.213 e. The summed E-state index contributed by atoms with van der Waals surface area (Å²) in [6, 6.07) is 10.1. The van der Waals surface area contributed by atoms with E-state index in [1.54, 1.807) is 18.4 Å². The molecular weight excluding hydrogens is 256 g/mol. The molecule has 0 fully saturated rings. The van der Waals surface area contributed by atoms with Crippen molar-refractivity contribution in [2.24, 2.45) is 0 Å². The maximum atomic E-state index is 5.12. The summed E-state index contributed by atoms with van der Waals surface area (Å²) >= 11 is 1.81. The van der Waals surface area contributed by atoms with E-state index in [1.165, 1.54) is 4.88 Å². The summed E-state index contributed by atoms with van der Waals surface area (Å²) in [5, 5.41) is 5.60. The topological polar surface area (TPSA) is 34.1 Å². The molecule has 0 saturated heterocycles. The normalized spacial score (nSPS) is 11.5. The molecule has 0 aromatic carbocycles. The molecule has 0 atom stereocenters. The van der Waals surface area contributed by atoms with Gasteiger partial charge in [-0.1, -0.05) is 26.0 Å². The molecule has 2 rings (SSSR count). The molecular formula is C15H20N2OS. The number of ether oxygens (including phenoxy) is 1. The zero-order valence-corrected chi connectivity index (χ0v) is 12.5. The number of thiophene rings is 1. The number of hydrogen-bond donors (Lipinski definition) is 1. The first kappa shape index (κ1) is 14.0. The summed E-state index contributed by atoms with van der Waals surface area (Å²) in [5.41, 5.74) is 1.15. The van der Waals surface area contributed by atoms with Crippen molar-refractivity contribution in [1.29, 1.82) is 0 Å². The van der Waals surface area contributed by atoms with Crippen LogP contribution in [-0.2, 0) is 12.0 Å². The maximum absolute atomic E-state index is 5.12.